The number of aromatic hydroxyl groups is 3. The molecule has 1 aromatic heterocycles. The molecular weight excluding hydrogens is 524 g/mol. The van der Waals surface area contributed by atoms with Crippen molar-refractivity contribution < 1.29 is 65.0 Å². The van der Waals surface area contributed by atoms with Gasteiger partial charge in [0.15, 0.2) is 16.9 Å². The van der Waals surface area contributed by atoms with Crippen LogP contribution < -0.4 is 10.2 Å². The minimum absolute atomic E-state index is 0.0410. The van der Waals surface area contributed by atoms with Gasteiger partial charge in [-0.25, -0.2) is 0 Å². The van der Waals surface area contributed by atoms with Crippen LogP contribution in [0.1, 0.15) is 6.92 Å². The molecule has 0 radical (unpaired) electrons. The molecule has 1 unspecified atom stereocenters. The smallest absolute Gasteiger partial charge is 0.229 e. The predicted molar refractivity (Wildman–Crippen MR) is 130 cm³/mol. The molecule has 1 aliphatic heterocycles. The second kappa shape index (κ2) is 11.0. The highest BCUT2D eigenvalue weighted by Gasteiger charge is 2.50. The van der Waals surface area contributed by atoms with Crippen molar-refractivity contribution in [2.24, 2.45) is 0 Å². The van der Waals surface area contributed by atoms with Crippen molar-refractivity contribution in [1.29, 1.82) is 0 Å². The minimum Gasteiger partial charge on any atom is -0.507 e. The summed E-state index contributed by atoms with van der Waals surface area (Å²) in [5.74, 6) is -1.75. The average molecular weight is 552 g/mol. The van der Waals surface area contributed by atoms with E-state index in [0.29, 0.717) is 0 Å². The van der Waals surface area contributed by atoms with Crippen molar-refractivity contribution in [3.63, 3.8) is 0 Å². The van der Waals surface area contributed by atoms with E-state index in [0.717, 1.165) is 31.2 Å². The summed E-state index contributed by atoms with van der Waals surface area (Å²) in [5, 5.41) is 100. The summed E-state index contributed by atoms with van der Waals surface area (Å²) in [6.45, 7) is 1.14. The number of hydrogen-bond donors (Lipinski definition) is 10. The molecule has 1 fully saturated rings. The number of aliphatic hydroxyl groups is 7. The monoisotopic (exact) mass is 552 g/mol. The van der Waals surface area contributed by atoms with Gasteiger partial charge in [0.1, 0.15) is 71.0 Å². The quantitative estimate of drug-likeness (QED) is 0.146. The lowest BCUT2D eigenvalue weighted by Crippen LogP contribution is -2.64. The maximum atomic E-state index is 12.7. The summed E-state index contributed by atoms with van der Waals surface area (Å²) >= 11 is 0. The van der Waals surface area contributed by atoms with Gasteiger partial charge in [0, 0.05) is 23.8 Å². The Morgan fingerprint density at radius 2 is 1.51 bits per heavy atom. The number of phenolic OH excluding ortho intramolecular Hbond substituents is 3. The van der Waals surface area contributed by atoms with E-state index in [9.17, 15) is 55.9 Å². The molecule has 0 amide bonds. The molecule has 4 rings (SSSR count). The standard InChI is InChI=1S/C25H28O14/c1-8(26)18(31)19(32)21(34)24-22(35)20(33)23(36)25(39-24)37-10-5-13(29)17-14(30)7-15(38-16(17)6-10)9-2-3-11(27)12(28)4-9/h2-8,18-29,31-36H,1H3/t8-,18-,19+,20+,21-,22+,23-,24-,25?/m1/s1. The zero-order valence-electron chi connectivity index (χ0n) is 20.3. The molecule has 1 aliphatic rings. The molecule has 14 heteroatoms. The molecule has 2 heterocycles. The van der Waals surface area contributed by atoms with Gasteiger partial charge in [-0.05, 0) is 25.1 Å². The number of ether oxygens (including phenoxy) is 2. The third-order valence-corrected chi connectivity index (χ3v) is 6.43. The normalized spacial score (nSPS) is 26.6. The van der Waals surface area contributed by atoms with Crippen LogP contribution in [0.5, 0.6) is 23.0 Å². The highest BCUT2D eigenvalue weighted by molar-refractivity contribution is 5.86. The Labute approximate surface area is 219 Å². The van der Waals surface area contributed by atoms with Crippen LogP contribution in [0.15, 0.2) is 45.6 Å². The van der Waals surface area contributed by atoms with Crippen molar-refractivity contribution in [1.82, 2.24) is 0 Å². The topological polar surface area (TPSA) is 251 Å². The molecule has 0 aliphatic carbocycles. The third-order valence-electron chi connectivity index (χ3n) is 6.43. The second-order valence-electron chi connectivity index (χ2n) is 9.27. The largest absolute Gasteiger partial charge is 0.507 e. The van der Waals surface area contributed by atoms with Gasteiger partial charge in [0.25, 0.3) is 0 Å². The first kappa shape index (κ1) is 28.5. The Bertz CT molecular complexity index is 1390. The zero-order valence-corrected chi connectivity index (χ0v) is 20.3. The van der Waals surface area contributed by atoms with E-state index in [4.69, 9.17) is 13.9 Å². The van der Waals surface area contributed by atoms with Crippen LogP contribution in [0.4, 0.5) is 0 Å². The fourth-order valence-corrected chi connectivity index (χ4v) is 4.20. The first-order valence-corrected chi connectivity index (χ1v) is 11.7. The fourth-order valence-electron chi connectivity index (χ4n) is 4.20. The van der Waals surface area contributed by atoms with Gasteiger partial charge in [0.2, 0.25) is 6.29 Å². The van der Waals surface area contributed by atoms with E-state index in [1.54, 1.807) is 0 Å². The molecule has 10 N–H and O–H groups in total. The zero-order chi connectivity index (χ0) is 28.8. The maximum Gasteiger partial charge on any atom is 0.229 e. The lowest BCUT2D eigenvalue weighted by molar-refractivity contribution is -0.298. The van der Waals surface area contributed by atoms with Crippen molar-refractivity contribution >= 4 is 11.0 Å². The van der Waals surface area contributed by atoms with Crippen LogP contribution in [0.3, 0.4) is 0 Å². The first-order valence-electron chi connectivity index (χ1n) is 11.7. The van der Waals surface area contributed by atoms with E-state index in [1.165, 1.54) is 12.1 Å². The van der Waals surface area contributed by atoms with E-state index in [1.807, 2.05) is 0 Å². The van der Waals surface area contributed by atoms with Crippen LogP contribution in [0.25, 0.3) is 22.3 Å². The molecule has 39 heavy (non-hydrogen) atoms. The minimum atomic E-state index is -2.05. The number of fused-ring (bicyclic) bond motifs is 1. The van der Waals surface area contributed by atoms with Gasteiger partial charge in [-0.3, -0.25) is 4.79 Å². The second-order valence-corrected chi connectivity index (χ2v) is 9.27. The van der Waals surface area contributed by atoms with Crippen LogP contribution in [-0.4, -0.2) is 106 Å². The molecule has 212 valence electrons. The SMILES string of the molecule is C[C@@H](O)[C@@H](O)[C@H](O)[C@@H](O)[C@H]1OC(Oc2cc(O)c3c(=O)cc(-c4ccc(O)c(O)c4)oc3c2)[C@H](O)[C@@H](O)[C@@H]1O. The summed E-state index contributed by atoms with van der Waals surface area (Å²) in [6.07, 6.45) is -16.8. The van der Waals surface area contributed by atoms with Gasteiger partial charge < -0.3 is 65.0 Å². The van der Waals surface area contributed by atoms with Crippen molar-refractivity contribution in [3.8, 4) is 34.3 Å². The lowest BCUT2D eigenvalue weighted by Gasteiger charge is -2.43. The Hall–Kier alpha value is -3.47. The Kier molecular flexibility index (Phi) is 8.02. The number of phenols is 3. The van der Waals surface area contributed by atoms with Crippen LogP contribution in [0, 0.1) is 0 Å². The van der Waals surface area contributed by atoms with E-state index >= 15 is 0 Å². The fraction of sp³-hybridized carbons (Fsp3) is 0.400. The molecule has 9 atom stereocenters. The van der Waals surface area contributed by atoms with Crippen molar-refractivity contribution in [3.05, 3.63) is 46.6 Å². The van der Waals surface area contributed by atoms with Crippen molar-refractivity contribution in [2.75, 3.05) is 0 Å². The maximum absolute atomic E-state index is 12.7. The molecule has 3 aromatic rings. The molecule has 2 aromatic carbocycles. The summed E-state index contributed by atoms with van der Waals surface area (Å²) in [7, 11) is 0. The summed E-state index contributed by atoms with van der Waals surface area (Å²) in [6, 6.07) is 6.87. The van der Waals surface area contributed by atoms with Gasteiger partial charge in [0.05, 0.1) is 6.10 Å². The highest BCUT2D eigenvalue weighted by atomic mass is 16.7. The van der Waals surface area contributed by atoms with Gasteiger partial charge >= 0.3 is 0 Å². The van der Waals surface area contributed by atoms with E-state index < -0.39 is 77.8 Å². The Morgan fingerprint density at radius 1 is 0.821 bits per heavy atom. The third kappa shape index (κ3) is 5.50. The number of benzene rings is 2. The van der Waals surface area contributed by atoms with Gasteiger partial charge in [-0.2, -0.15) is 0 Å². The predicted octanol–water partition coefficient (Wildman–Crippen LogP) is -1.77. The lowest BCUT2D eigenvalue weighted by atomic mass is 9.90. The summed E-state index contributed by atoms with van der Waals surface area (Å²) in [5.41, 5.74) is -0.643. The first-order chi connectivity index (χ1) is 18.3. The Balaban J connectivity index is 1.66. The van der Waals surface area contributed by atoms with E-state index in [2.05, 4.69) is 0 Å². The van der Waals surface area contributed by atoms with Gasteiger partial charge in [-0.1, -0.05) is 0 Å². The van der Waals surface area contributed by atoms with Crippen LogP contribution in [0.2, 0.25) is 0 Å². The summed E-state index contributed by atoms with van der Waals surface area (Å²) < 4.78 is 16.6. The molecule has 14 nitrogen and oxygen atoms in total. The van der Waals surface area contributed by atoms with Crippen LogP contribution >= 0.6 is 0 Å². The molecular formula is C25H28O14. The molecule has 0 saturated carbocycles. The Morgan fingerprint density at radius 3 is 2.15 bits per heavy atom. The average Bonchev–Trinajstić information content (AvgIpc) is 2.88. The van der Waals surface area contributed by atoms with Gasteiger partial charge in [-0.15, -0.1) is 0 Å². The van der Waals surface area contributed by atoms with Crippen LogP contribution in [-0.2, 0) is 4.74 Å². The number of hydrogen-bond acceptors (Lipinski definition) is 14. The van der Waals surface area contributed by atoms with Crippen molar-refractivity contribution in [2.45, 2.75) is 62.0 Å². The summed E-state index contributed by atoms with van der Waals surface area (Å²) in [4.78, 5) is 12.7. The molecule has 0 spiro atoms. The molecule has 0 bridgehead atoms. The molecule has 1 saturated heterocycles. The number of rotatable bonds is 7. The number of aliphatic hydroxyl groups excluding tert-OH is 7. The van der Waals surface area contributed by atoms with E-state index in [-0.39, 0.29) is 28.0 Å². The highest BCUT2D eigenvalue weighted by Crippen LogP contribution is 2.35.